The maximum atomic E-state index is 12.5. The van der Waals surface area contributed by atoms with Gasteiger partial charge < -0.3 is 5.73 Å². The Hall–Kier alpha value is -1.67. The molecule has 1 fully saturated rings. The molecule has 0 bridgehead atoms. The van der Waals surface area contributed by atoms with Gasteiger partial charge in [0.15, 0.2) is 5.78 Å². The zero-order valence-corrected chi connectivity index (χ0v) is 11.0. The van der Waals surface area contributed by atoms with E-state index in [0.717, 1.165) is 36.6 Å². The lowest BCUT2D eigenvalue weighted by Gasteiger charge is -2.25. The van der Waals surface area contributed by atoms with Crippen molar-refractivity contribution >= 4 is 16.6 Å². The van der Waals surface area contributed by atoms with Crippen molar-refractivity contribution in [2.45, 2.75) is 31.7 Å². The fourth-order valence-electron chi connectivity index (χ4n) is 3.04. The largest absolute Gasteiger partial charge is 0.328 e. The summed E-state index contributed by atoms with van der Waals surface area (Å²) in [4.78, 5) is 12.5. The number of hydrogen-bond acceptors (Lipinski definition) is 2. The van der Waals surface area contributed by atoms with E-state index in [1.807, 2.05) is 30.3 Å². The van der Waals surface area contributed by atoms with Crippen LogP contribution in [0.15, 0.2) is 42.5 Å². The predicted octanol–water partition coefficient (Wildman–Crippen LogP) is 3.54. The third kappa shape index (κ3) is 2.54. The Labute approximate surface area is 113 Å². The van der Waals surface area contributed by atoms with Crippen molar-refractivity contribution in [2.24, 2.45) is 11.7 Å². The summed E-state index contributed by atoms with van der Waals surface area (Å²) in [5.74, 6) is 0.380. The van der Waals surface area contributed by atoms with E-state index in [2.05, 4.69) is 12.1 Å². The molecule has 0 heterocycles. The van der Waals surface area contributed by atoms with Gasteiger partial charge in [-0.2, -0.15) is 0 Å². The normalized spacial score (nSPS) is 23.4. The summed E-state index contributed by atoms with van der Waals surface area (Å²) in [6, 6.07) is 14.3. The van der Waals surface area contributed by atoms with Gasteiger partial charge in [0.1, 0.15) is 0 Å². The highest BCUT2D eigenvalue weighted by molar-refractivity contribution is 6.01. The summed E-state index contributed by atoms with van der Waals surface area (Å²) >= 11 is 0. The van der Waals surface area contributed by atoms with Gasteiger partial charge in [0.05, 0.1) is 0 Å². The predicted molar refractivity (Wildman–Crippen MR) is 78.2 cm³/mol. The lowest BCUT2D eigenvalue weighted by molar-refractivity contribution is 0.0881. The number of rotatable bonds is 2. The molecule has 1 aliphatic carbocycles. The van der Waals surface area contributed by atoms with Gasteiger partial charge in [-0.25, -0.2) is 0 Å². The Balaban J connectivity index is 1.88. The number of fused-ring (bicyclic) bond motifs is 1. The van der Waals surface area contributed by atoms with Gasteiger partial charge >= 0.3 is 0 Å². The van der Waals surface area contributed by atoms with Crippen LogP contribution in [0, 0.1) is 5.92 Å². The van der Waals surface area contributed by atoms with Crippen LogP contribution in [0.5, 0.6) is 0 Å². The smallest absolute Gasteiger partial charge is 0.166 e. The first-order valence-corrected chi connectivity index (χ1v) is 7.02. The van der Waals surface area contributed by atoms with Crippen LogP contribution in [-0.2, 0) is 0 Å². The molecule has 2 heteroatoms. The lowest BCUT2D eigenvalue weighted by Crippen LogP contribution is -2.31. The second-order valence-corrected chi connectivity index (χ2v) is 5.55. The Kier molecular flexibility index (Phi) is 3.34. The number of benzene rings is 2. The highest BCUT2D eigenvalue weighted by atomic mass is 16.1. The van der Waals surface area contributed by atoms with E-state index >= 15 is 0 Å². The molecule has 0 amide bonds. The number of hydrogen-bond donors (Lipinski definition) is 1. The molecule has 2 N–H and O–H groups in total. The van der Waals surface area contributed by atoms with Gasteiger partial charge in [-0.05, 0) is 36.1 Å². The van der Waals surface area contributed by atoms with Crippen molar-refractivity contribution in [3.63, 3.8) is 0 Å². The molecule has 0 aromatic heterocycles. The molecule has 19 heavy (non-hydrogen) atoms. The van der Waals surface area contributed by atoms with Crippen LogP contribution < -0.4 is 5.73 Å². The highest BCUT2D eigenvalue weighted by Gasteiger charge is 2.26. The molecule has 0 spiro atoms. The third-order valence-corrected chi connectivity index (χ3v) is 4.12. The Morgan fingerprint density at radius 3 is 2.63 bits per heavy atom. The van der Waals surface area contributed by atoms with Crippen LogP contribution in [0.2, 0.25) is 0 Å². The van der Waals surface area contributed by atoms with E-state index in [4.69, 9.17) is 5.73 Å². The summed E-state index contributed by atoms with van der Waals surface area (Å²) in [5.41, 5.74) is 6.81. The van der Waals surface area contributed by atoms with E-state index in [-0.39, 0.29) is 17.7 Å². The van der Waals surface area contributed by atoms with Gasteiger partial charge in [-0.15, -0.1) is 0 Å². The molecule has 98 valence electrons. The fraction of sp³-hybridized carbons (Fsp3) is 0.353. The van der Waals surface area contributed by atoms with Gasteiger partial charge in [-0.3, -0.25) is 4.79 Å². The molecule has 0 aliphatic heterocycles. The summed E-state index contributed by atoms with van der Waals surface area (Å²) in [6.07, 6.45) is 3.96. The van der Waals surface area contributed by atoms with Crippen LogP contribution in [0.1, 0.15) is 36.0 Å². The van der Waals surface area contributed by atoms with Crippen molar-refractivity contribution in [1.82, 2.24) is 0 Å². The Bertz CT molecular complexity index is 605. The molecular weight excluding hydrogens is 234 g/mol. The first-order chi connectivity index (χ1) is 9.24. The van der Waals surface area contributed by atoms with Crippen molar-refractivity contribution < 1.29 is 4.79 Å². The molecule has 2 nitrogen and oxygen atoms in total. The van der Waals surface area contributed by atoms with E-state index in [1.54, 1.807) is 0 Å². The summed E-state index contributed by atoms with van der Waals surface area (Å²) in [5, 5.41) is 2.31. The number of nitrogens with two attached hydrogens (primary N) is 1. The maximum absolute atomic E-state index is 12.5. The van der Waals surface area contributed by atoms with Crippen LogP contribution >= 0.6 is 0 Å². The average Bonchev–Trinajstić information content (AvgIpc) is 2.46. The molecule has 0 radical (unpaired) electrons. The van der Waals surface area contributed by atoms with Crippen LogP contribution in [0.4, 0.5) is 0 Å². The molecule has 2 aromatic rings. The van der Waals surface area contributed by atoms with Crippen molar-refractivity contribution in [3.8, 4) is 0 Å². The molecule has 2 unspecified atom stereocenters. The van der Waals surface area contributed by atoms with Crippen molar-refractivity contribution in [3.05, 3.63) is 48.0 Å². The fourth-order valence-corrected chi connectivity index (χ4v) is 3.04. The molecule has 2 atom stereocenters. The number of ketones is 1. The molecular formula is C17H19NO. The number of carbonyl (C=O) groups excluding carboxylic acids is 1. The van der Waals surface area contributed by atoms with Gasteiger partial charge in [0.25, 0.3) is 0 Å². The number of Topliss-reactive ketones (excluding diaryl/α,β-unsaturated/α-hetero) is 1. The van der Waals surface area contributed by atoms with Crippen molar-refractivity contribution in [1.29, 1.82) is 0 Å². The molecule has 1 aliphatic rings. The summed E-state index contributed by atoms with van der Waals surface area (Å²) in [6.45, 7) is 0. The zero-order valence-electron chi connectivity index (χ0n) is 11.0. The van der Waals surface area contributed by atoms with Crippen LogP contribution in [0.25, 0.3) is 10.8 Å². The average molecular weight is 253 g/mol. The molecule has 0 saturated heterocycles. The standard InChI is InChI=1S/C17H19NO/c18-16-7-3-6-14(11-16)17(19)15-9-8-12-4-1-2-5-13(12)10-15/h1-2,4-5,8-10,14,16H,3,6-7,11,18H2. The third-order valence-electron chi connectivity index (χ3n) is 4.12. The second kappa shape index (κ2) is 5.14. The van der Waals surface area contributed by atoms with Crippen LogP contribution in [0.3, 0.4) is 0 Å². The lowest BCUT2D eigenvalue weighted by atomic mass is 9.81. The first kappa shape index (κ1) is 12.4. The minimum atomic E-state index is 0.116. The SMILES string of the molecule is NC1CCCC(C(=O)c2ccc3ccccc3c2)C1. The van der Waals surface area contributed by atoms with E-state index < -0.39 is 0 Å². The quantitative estimate of drug-likeness (QED) is 0.832. The van der Waals surface area contributed by atoms with Gasteiger partial charge in [-0.1, -0.05) is 42.8 Å². The topological polar surface area (TPSA) is 43.1 Å². The highest BCUT2D eigenvalue weighted by Crippen LogP contribution is 2.27. The van der Waals surface area contributed by atoms with Gasteiger partial charge in [0, 0.05) is 17.5 Å². The summed E-state index contributed by atoms with van der Waals surface area (Å²) < 4.78 is 0. The maximum Gasteiger partial charge on any atom is 0.166 e. The Morgan fingerprint density at radius 2 is 1.84 bits per heavy atom. The first-order valence-electron chi connectivity index (χ1n) is 7.02. The second-order valence-electron chi connectivity index (χ2n) is 5.55. The minimum absolute atomic E-state index is 0.116. The van der Waals surface area contributed by atoms with E-state index in [1.165, 1.54) is 5.39 Å². The zero-order chi connectivity index (χ0) is 13.2. The molecule has 1 saturated carbocycles. The van der Waals surface area contributed by atoms with Crippen LogP contribution in [-0.4, -0.2) is 11.8 Å². The van der Waals surface area contributed by atoms with Gasteiger partial charge in [0.2, 0.25) is 0 Å². The monoisotopic (exact) mass is 253 g/mol. The van der Waals surface area contributed by atoms with Crippen molar-refractivity contribution in [2.75, 3.05) is 0 Å². The summed E-state index contributed by atoms with van der Waals surface area (Å²) in [7, 11) is 0. The molecule has 3 rings (SSSR count). The Morgan fingerprint density at radius 1 is 1.05 bits per heavy atom. The van der Waals surface area contributed by atoms with E-state index in [0.29, 0.717) is 0 Å². The molecule has 2 aromatic carbocycles. The van der Waals surface area contributed by atoms with E-state index in [9.17, 15) is 4.79 Å². The number of carbonyl (C=O) groups is 1. The minimum Gasteiger partial charge on any atom is -0.328 e.